The Balaban J connectivity index is 0.00000163. The van der Waals surface area contributed by atoms with Crippen LogP contribution >= 0.6 is 0 Å². The van der Waals surface area contributed by atoms with Crippen molar-refractivity contribution in [1.29, 1.82) is 5.26 Å². The molecule has 2 N–H and O–H groups in total. The average molecular weight is 367 g/mol. The van der Waals surface area contributed by atoms with E-state index >= 15 is 0 Å². The Hall–Kier alpha value is -2.60. The van der Waals surface area contributed by atoms with Crippen LogP contribution in [-0.2, 0) is 11.3 Å². The molecule has 0 radical (unpaired) electrons. The summed E-state index contributed by atoms with van der Waals surface area (Å²) in [6.07, 6.45) is 1.19. The second kappa shape index (κ2) is 9.77. The first-order chi connectivity index (χ1) is 12.3. The normalized spacial score (nSPS) is 15.3. The number of amides is 2. The zero-order valence-corrected chi connectivity index (χ0v) is 14.8. The van der Waals surface area contributed by atoms with E-state index in [1.807, 2.05) is 13.8 Å². The number of carbonyl (C=O) groups excluding carboxylic acids is 2. The molecule has 0 atom stereocenters. The van der Waals surface area contributed by atoms with E-state index in [9.17, 15) is 18.4 Å². The minimum absolute atomic E-state index is 0.0159. The second-order valence-corrected chi connectivity index (χ2v) is 6.18. The lowest BCUT2D eigenvalue weighted by molar-refractivity contribution is -0.130. The lowest BCUT2D eigenvalue weighted by Crippen LogP contribution is -2.40. The lowest BCUT2D eigenvalue weighted by Gasteiger charge is -2.16. The Bertz CT molecular complexity index is 649. The third kappa shape index (κ3) is 6.72. The van der Waals surface area contributed by atoms with Crippen molar-refractivity contribution in [3.8, 4) is 6.57 Å². The molecule has 142 valence electrons. The molecule has 9 heteroatoms. The van der Waals surface area contributed by atoms with Crippen molar-refractivity contribution in [2.45, 2.75) is 38.8 Å². The molecule has 1 aromatic heterocycles. The molecule has 0 unspecified atom stereocenters. The quantitative estimate of drug-likeness (QED) is 0.790. The number of halogens is 2. The van der Waals surface area contributed by atoms with Crippen LogP contribution in [0.3, 0.4) is 0 Å². The molecule has 0 aromatic carbocycles. The van der Waals surface area contributed by atoms with Crippen LogP contribution in [0.5, 0.6) is 0 Å². The van der Waals surface area contributed by atoms with Crippen molar-refractivity contribution in [3.05, 3.63) is 29.6 Å². The highest BCUT2D eigenvalue weighted by Gasteiger charge is 2.40. The lowest BCUT2D eigenvalue weighted by atomic mass is 10.2. The first-order valence-electron chi connectivity index (χ1n) is 8.15. The van der Waals surface area contributed by atoms with E-state index in [2.05, 4.69) is 22.2 Å². The van der Waals surface area contributed by atoms with E-state index in [1.165, 1.54) is 6.20 Å². The number of rotatable bonds is 6. The van der Waals surface area contributed by atoms with Gasteiger partial charge in [-0.25, -0.2) is 14.0 Å². The smallest absolute Gasteiger partial charge is 0.267 e. The third-order valence-corrected chi connectivity index (χ3v) is 3.69. The summed E-state index contributed by atoms with van der Waals surface area (Å²) in [6, 6.07) is 3.47. The molecular formula is C17H23F2N5O2. The highest BCUT2D eigenvalue weighted by atomic mass is 19.3. The number of nitriles is 1. The van der Waals surface area contributed by atoms with Crippen LogP contribution in [0.25, 0.3) is 0 Å². The highest BCUT2D eigenvalue weighted by Crippen LogP contribution is 2.26. The molecule has 0 bridgehead atoms. The Morgan fingerprint density at radius 1 is 1.42 bits per heavy atom. The molecule has 26 heavy (non-hydrogen) atoms. The van der Waals surface area contributed by atoms with Crippen molar-refractivity contribution >= 4 is 11.8 Å². The molecule has 2 rings (SSSR count). The average Bonchev–Trinajstić information content (AvgIpc) is 2.99. The standard InChI is InChI=1S/C16H22F2N4O2.CHN/c1-11(2)20-8-13-7-12(3-5-19-13)15(24)21-9-14(23)22-6-4-16(17,18)10-22;1-2/h3,5,7,11,20H,4,6,8-10H2,1-2H3,(H,21,24);1H. The summed E-state index contributed by atoms with van der Waals surface area (Å²) in [4.78, 5) is 29.2. The van der Waals surface area contributed by atoms with Gasteiger partial charge in [0.1, 0.15) is 0 Å². The molecule has 7 nitrogen and oxygen atoms in total. The van der Waals surface area contributed by atoms with Crippen LogP contribution in [-0.4, -0.2) is 53.3 Å². The predicted molar refractivity (Wildman–Crippen MR) is 91.4 cm³/mol. The highest BCUT2D eigenvalue weighted by molar-refractivity contribution is 5.96. The summed E-state index contributed by atoms with van der Waals surface area (Å²) >= 11 is 0. The minimum Gasteiger partial charge on any atom is -0.343 e. The number of carbonyl (C=O) groups is 2. The van der Waals surface area contributed by atoms with Crippen LogP contribution in [0, 0.1) is 11.8 Å². The molecule has 2 amide bonds. The number of hydrogen-bond acceptors (Lipinski definition) is 5. The monoisotopic (exact) mass is 367 g/mol. The van der Waals surface area contributed by atoms with Crippen molar-refractivity contribution in [2.75, 3.05) is 19.6 Å². The zero-order chi connectivity index (χ0) is 19.7. The van der Waals surface area contributed by atoms with Crippen LogP contribution in [0.1, 0.15) is 36.3 Å². The molecule has 1 saturated heterocycles. The number of hydrogen-bond donors (Lipinski definition) is 2. The van der Waals surface area contributed by atoms with E-state index < -0.39 is 24.3 Å². The van der Waals surface area contributed by atoms with Gasteiger partial charge >= 0.3 is 0 Å². The largest absolute Gasteiger partial charge is 0.343 e. The van der Waals surface area contributed by atoms with Gasteiger partial charge in [-0.3, -0.25) is 14.6 Å². The molecule has 1 fully saturated rings. The van der Waals surface area contributed by atoms with E-state index in [1.54, 1.807) is 12.1 Å². The van der Waals surface area contributed by atoms with Gasteiger partial charge in [-0.1, -0.05) is 13.8 Å². The number of nitrogens with zero attached hydrogens (tertiary/aromatic N) is 3. The maximum absolute atomic E-state index is 13.1. The molecule has 0 saturated carbocycles. The van der Waals surface area contributed by atoms with Crippen molar-refractivity contribution < 1.29 is 18.4 Å². The van der Waals surface area contributed by atoms with Crippen molar-refractivity contribution in [2.24, 2.45) is 0 Å². The molecule has 2 heterocycles. The van der Waals surface area contributed by atoms with Gasteiger partial charge in [0.05, 0.1) is 18.8 Å². The second-order valence-electron chi connectivity index (χ2n) is 6.18. The van der Waals surface area contributed by atoms with Gasteiger partial charge in [0.15, 0.2) is 0 Å². The van der Waals surface area contributed by atoms with Gasteiger partial charge in [0.25, 0.3) is 11.8 Å². The molecular weight excluding hydrogens is 344 g/mol. The Labute approximate surface area is 151 Å². The Morgan fingerprint density at radius 2 is 2.12 bits per heavy atom. The summed E-state index contributed by atoms with van der Waals surface area (Å²) in [6.45, 7) is 7.18. The zero-order valence-electron chi connectivity index (χ0n) is 14.8. The SMILES string of the molecule is C#N.CC(C)NCc1cc(C(=O)NCC(=O)N2CCC(F)(F)C2)ccn1. The fourth-order valence-electron chi connectivity index (χ4n) is 2.34. The predicted octanol–water partition coefficient (Wildman–Crippen LogP) is 1.32. The fourth-order valence-corrected chi connectivity index (χ4v) is 2.34. The number of likely N-dealkylation sites (tertiary alicyclic amines) is 1. The summed E-state index contributed by atoms with van der Waals surface area (Å²) in [5.74, 6) is -3.76. The summed E-state index contributed by atoms with van der Waals surface area (Å²) < 4.78 is 26.2. The third-order valence-electron chi connectivity index (χ3n) is 3.69. The van der Waals surface area contributed by atoms with Crippen molar-refractivity contribution in [1.82, 2.24) is 20.5 Å². The van der Waals surface area contributed by atoms with Gasteiger partial charge in [-0.2, -0.15) is 0 Å². The first-order valence-corrected chi connectivity index (χ1v) is 8.15. The fraction of sp³-hybridized carbons (Fsp3) is 0.529. The molecule has 0 aliphatic carbocycles. The van der Waals surface area contributed by atoms with Crippen LogP contribution < -0.4 is 10.6 Å². The van der Waals surface area contributed by atoms with Gasteiger partial charge in [-0.05, 0) is 12.1 Å². The Morgan fingerprint density at radius 3 is 2.69 bits per heavy atom. The van der Waals surface area contributed by atoms with Crippen molar-refractivity contribution in [3.63, 3.8) is 0 Å². The van der Waals surface area contributed by atoms with Crippen LogP contribution in [0.15, 0.2) is 18.3 Å². The van der Waals surface area contributed by atoms with E-state index in [4.69, 9.17) is 5.26 Å². The molecule has 1 aliphatic heterocycles. The number of aromatic nitrogens is 1. The topological polar surface area (TPSA) is 98.1 Å². The van der Waals surface area contributed by atoms with Gasteiger partial charge in [-0.15, -0.1) is 0 Å². The van der Waals surface area contributed by atoms with Gasteiger partial charge < -0.3 is 15.5 Å². The number of alkyl halides is 2. The van der Waals surface area contributed by atoms with Crippen LogP contribution in [0.4, 0.5) is 8.78 Å². The summed E-state index contributed by atoms with van der Waals surface area (Å²) in [7, 11) is 0. The van der Waals surface area contributed by atoms with E-state index in [-0.39, 0.29) is 19.5 Å². The number of nitrogens with one attached hydrogen (secondary N) is 2. The Kier molecular flexibility index (Phi) is 8.06. The molecule has 1 aromatic rings. The maximum Gasteiger partial charge on any atom is 0.267 e. The van der Waals surface area contributed by atoms with Crippen LogP contribution in [0.2, 0.25) is 0 Å². The molecule has 0 spiro atoms. The number of pyridine rings is 1. The first kappa shape index (κ1) is 21.4. The minimum atomic E-state index is -2.83. The van der Waals surface area contributed by atoms with Gasteiger partial charge in [0, 0.05) is 43.9 Å². The maximum atomic E-state index is 13.1. The summed E-state index contributed by atoms with van der Waals surface area (Å²) in [5.41, 5.74) is 1.09. The molecule has 1 aliphatic rings. The van der Waals surface area contributed by atoms with E-state index in [0.717, 1.165) is 4.90 Å². The van der Waals surface area contributed by atoms with Gasteiger partial charge in [0.2, 0.25) is 5.91 Å². The summed E-state index contributed by atoms with van der Waals surface area (Å²) in [5, 5.41) is 12.2. The van der Waals surface area contributed by atoms with E-state index in [0.29, 0.717) is 23.8 Å².